The SMILES string of the molecule is OC(CCCC1CCCO1)CC1CCCCC1. The van der Waals surface area contributed by atoms with E-state index in [1.807, 2.05) is 0 Å². The van der Waals surface area contributed by atoms with Gasteiger partial charge in [0.25, 0.3) is 0 Å². The fraction of sp³-hybridized carbons (Fsp3) is 1.00. The van der Waals surface area contributed by atoms with Crippen LogP contribution >= 0.6 is 0 Å². The highest BCUT2D eigenvalue weighted by atomic mass is 16.5. The Hall–Kier alpha value is -0.0800. The van der Waals surface area contributed by atoms with Crippen molar-refractivity contribution in [1.82, 2.24) is 0 Å². The van der Waals surface area contributed by atoms with Gasteiger partial charge in [-0.25, -0.2) is 0 Å². The van der Waals surface area contributed by atoms with Gasteiger partial charge in [-0.2, -0.15) is 0 Å². The van der Waals surface area contributed by atoms with E-state index in [4.69, 9.17) is 4.74 Å². The van der Waals surface area contributed by atoms with Crippen LogP contribution in [0.15, 0.2) is 0 Å². The first-order valence-corrected chi connectivity index (χ1v) is 7.64. The van der Waals surface area contributed by atoms with E-state index in [0.717, 1.165) is 38.2 Å². The van der Waals surface area contributed by atoms with E-state index < -0.39 is 0 Å². The van der Waals surface area contributed by atoms with Gasteiger partial charge in [0.2, 0.25) is 0 Å². The summed E-state index contributed by atoms with van der Waals surface area (Å²) in [5.74, 6) is 0.807. The molecule has 1 saturated carbocycles. The van der Waals surface area contributed by atoms with E-state index in [1.165, 1.54) is 44.9 Å². The van der Waals surface area contributed by atoms with Crippen molar-refractivity contribution in [3.05, 3.63) is 0 Å². The molecule has 0 aromatic carbocycles. The van der Waals surface area contributed by atoms with E-state index in [9.17, 15) is 5.11 Å². The molecule has 1 heterocycles. The van der Waals surface area contributed by atoms with Crippen molar-refractivity contribution in [1.29, 1.82) is 0 Å². The Kier molecular flexibility index (Phi) is 5.79. The Morgan fingerprint density at radius 1 is 1.06 bits per heavy atom. The lowest BCUT2D eigenvalue weighted by Crippen LogP contribution is -2.16. The number of rotatable bonds is 6. The van der Waals surface area contributed by atoms with Crippen molar-refractivity contribution < 1.29 is 9.84 Å². The summed E-state index contributed by atoms with van der Waals surface area (Å²) < 4.78 is 5.60. The molecule has 1 N–H and O–H groups in total. The standard InChI is InChI=1S/C15H28O2/c16-14(12-13-6-2-1-3-7-13)8-4-9-15-10-5-11-17-15/h13-16H,1-12H2. The zero-order valence-corrected chi connectivity index (χ0v) is 11.1. The second-order valence-electron chi connectivity index (χ2n) is 5.96. The molecule has 1 saturated heterocycles. The average Bonchev–Trinajstić information content (AvgIpc) is 2.83. The molecule has 17 heavy (non-hydrogen) atoms. The van der Waals surface area contributed by atoms with Gasteiger partial charge < -0.3 is 9.84 Å². The summed E-state index contributed by atoms with van der Waals surface area (Å²) in [4.78, 5) is 0. The smallest absolute Gasteiger partial charge is 0.0576 e. The Labute approximate surface area is 106 Å². The van der Waals surface area contributed by atoms with Crippen molar-refractivity contribution in [2.45, 2.75) is 82.8 Å². The van der Waals surface area contributed by atoms with Crippen molar-refractivity contribution in [2.75, 3.05) is 6.61 Å². The third kappa shape index (κ3) is 4.97. The highest BCUT2D eigenvalue weighted by Crippen LogP contribution is 2.28. The molecule has 0 aromatic rings. The van der Waals surface area contributed by atoms with Gasteiger partial charge in [0, 0.05) is 6.61 Å². The molecule has 1 aliphatic carbocycles. The summed E-state index contributed by atoms with van der Waals surface area (Å²) in [5.41, 5.74) is 0. The number of hydrogen-bond donors (Lipinski definition) is 1. The molecule has 0 aromatic heterocycles. The van der Waals surface area contributed by atoms with E-state index in [2.05, 4.69) is 0 Å². The molecular weight excluding hydrogens is 212 g/mol. The predicted molar refractivity (Wildman–Crippen MR) is 70.0 cm³/mol. The van der Waals surface area contributed by atoms with Gasteiger partial charge in [0.05, 0.1) is 12.2 Å². The molecule has 1 aliphatic heterocycles. The Morgan fingerprint density at radius 3 is 2.59 bits per heavy atom. The van der Waals surface area contributed by atoms with Crippen molar-refractivity contribution in [3.8, 4) is 0 Å². The van der Waals surface area contributed by atoms with Crippen LogP contribution in [0.1, 0.15) is 70.6 Å². The molecule has 100 valence electrons. The van der Waals surface area contributed by atoms with E-state index >= 15 is 0 Å². The molecule has 0 amide bonds. The third-order valence-corrected chi connectivity index (χ3v) is 4.42. The zero-order valence-electron chi connectivity index (χ0n) is 11.1. The predicted octanol–water partition coefficient (Wildman–Crippen LogP) is 3.67. The zero-order chi connectivity index (χ0) is 11.9. The average molecular weight is 240 g/mol. The highest BCUT2D eigenvalue weighted by molar-refractivity contribution is 4.71. The first kappa shape index (κ1) is 13.4. The molecule has 2 heteroatoms. The number of ether oxygens (including phenoxy) is 1. The summed E-state index contributed by atoms with van der Waals surface area (Å²) in [7, 11) is 0. The van der Waals surface area contributed by atoms with Crippen molar-refractivity contribution >= 4 is 0 Å². The van der Waals surface area contributed by atoms with Crippen LogP contribution in [-0.4, -0.2) is 23.9 Å². The lowest BCUT2D eigenvalue weighted by Gasteiger charge is -2.24. The minimum Gasteiger partial charge on any atom is -0.393 e. The van der Waals surface area contributed by atoms with Gasteiger partial charge in [-0.05, 0) is 44.4 Å². The van der Waals surface area contributed by atoms with Crippen LogP contribution in [0.4, 0.5) is 0 Å². The summed E-state index contributed by atoms with van der Waals surface area (Å²) in [6.07, 6.45) is 14.1. The van der Waals surface area contributed by atoms with Gasteiger partial charge in [0.1, 0.15) is 0 Å². The van der Waals surface area contributed by atoms with Crippen LogP contribution < -0.4 is 0 Å². The molecule has 0 radical (unpaired) electrons. The van der Waals surface area contributed by atoms with Crippen LogP contribution in [0.3, 0.4) is 0 Å². The number of aliphatic hydroxyl groups is 1. The van der Waals surface area contributed by atoms with Crippen LogP contribution in [0, 0.1) is 5.92 Å². The second-order valence-corrected chi connectivity index (χ2v) is 5.96. The Bertz CT molecular complexity index is 193. The van der Waals surface area contributed by atoms with E-state index in [1.54, 1.807) is 0 Å². The van der Waals surface area contributed by atoms with Gasteiger partial charge in [-0.3, -0.25) is 0 Å². The highest BCUT2D eigenvalue weighted by Gasteiger charge is 2.19. The summed E-state index contributed by atoms with van der Waals surface area (Å²) in [5, 5.41) is 10.0. The van der Waals surface area contributed by atoms with Crippen LogP contribution in [0.2, 0.25) is 0 Å². The second kappa shape index (κ2) is 7.38. The molecule has 0 bridgehead atoms. The van der Waals surface area contributed by atoms with Crippen LogP contribution in [0.25, 0.3) is 0 Å². The summed E-state index contributed by atoms with van der Waals surface area (Å²) in [6.45, 7) is 0.954. The molecule has 2 fully saturated rings. The minimum atomic E-state index is -0.0560. The van der Waals surface area contributed by atoms with Crippen molar-refractivity contribution in [3.63, 3.8) is 0 Å². The van der Waals surface area contributed by atoms with E-state index in [0.29, 0.717) is 6.10 Å². The van der Waals surface area contributed by atoms with Gasteiger partial charge in [-0.15, -0.1) is 0 Å². The van der Waals surface area contributed by atoms with Gasteiger partial charge >= 0.3 is 0 Å². The maximum absolute atomic E-state index is 10.0. The van der Waals surface area contributed by atoms with Gasteiger partial charge in [0.15, 0.2) is 0 Å². The number of aliphatic hydroxyl groups excluding tert-OH is 1. The lowest BCUT2D eigenvalue weighted by molar-refractivity contribution is 0.0874. The molecule has 2 rings (SSSR count). The monoisotopic (exact) mass is 240 g/mol. The van der Waals surface area contributed by atoms with Crippen LogP contribution in [0.5, 0.6) is 0 Å². The van der Waals surface area contributed by atoms with Crippen LogP contribution in [-0.2, 0) is 4.74 Å². The molecule has 2 atom stereocenters. The first-order chi connectivity index (χ1) is 8.34. The maximum atomic E-state index is 10.0. The molecule has 0 spiro atoms. The quantitative estimate of drug-likeness (QED) is 0.767. The fourth-order valence-electron chi connectivity index (χ4n) is 3.38. The summed E-state index contributed by atoms with van der Waals surface area (Å²) in [6, 6.07) is 0. The normalized spacial score (nSPS) is 28.4. The third-order valence-electron chi connectivity index (χ3n) is 4.42. The Morgan fingerprint density at radius 2 is 1.88 bits per heavy atom. The summed E-state index contributed by atoms with van der Waals surface area (Å²) >= 11 is 0. The Balaban J connectivity index is 1.52. The van der Waals surface area contributed by atoms with Crippen molar-refractivity contribution in [2.24, 2.45) is 5.92 Å². The largest absolute Gasteiger partial charge is 0.393 e. The molecule has 2 unspecified atom stereocenters. The molecule has 2 aliphatic rings. The van der Waals surface area contributed by atoms with Gasteiger partial charge in [-0.1, -0.05) is 32.1 Å². The topological polar surface area (TPSA) is 29.5 Å². The minimum absolute atomic E-state index is 0.0560. The number of hydrogen-bond acceptors (Lipinski definition) is 2. The molecule has 2 nitrogen and oxygen atoms in total. The molecular formula is C15H28O2. The fourth-order valence-corrected chi connectivity index (χ4v) is 3.38. The maximum Gasteiger partial charge on any atom is 0.0576 e. The lowest BCUT2D eigenvalue weighted by atomic mass is 9.84. The van der Waals surface area contributed by atoms with E-state index in [-0.39, 0.29) is 6.10 Å². The first-order valence-electron chi connectivity index (χ1n) is 7.64.